The second-order valence-corrected chi connectivity index (χ2v) is 5.07. The molecule has 0 heterocycles. The molecule has 0 aliphatic heterocycles. The van der Waals surface area contributed by atoms with Gasteiger partial charge in [0, 0.05) is 18.9 Å². The van der Waals surface area contributed by atoms with E-state index >= 15 is 0 Å². The Balaban J connectivity index is 2.33. The zero-order valence-electron chi connectivity index (χ0n) is 11.0. The minimum atomic E-state index is 0.126. The van der Waals surface area contributed by atoms with Crippen LogP contribution in [0.3, 0.4) is 0 Å². The van der Waals surface area contributed by atoms with Crippen molar-refractivity contribution in [3.05, 3.63) is 35.4 Å². The maximum atomic E-state index is 11.9. The molecule has 0 saturated heterocycles. The predicted molar refractivity (Wildman–Crippen MR) is 77.1 cm³/mol. The maximum absolute atomic E-state index is 11.9. The van der Waals surface area contributed by atoms with Gasteiger partial charge in [0.05, 0.1) is 19.6 Å². The van der Waals surface area contributed by atoms with Gasteiger partial charge in [-0.05, 0) is 12.5 Å². The summed E-state index contributed by atoms with van der Waals surface area (Å²) in [5.41, 5.74) is 2.27. The Hall–Kier alpha value is -0.870. The largest absolute Gasteiger partial charge is 0.379 e. The van der Waals surface area contributed by atoms with Crippen LogP contribution in [0.5, 0.6) is 0 Å². The summed E-state index contributed by atoms with van der Waals surface area (Å²) in [6, 6.07) is 8.06. The zero-order valence-corrected chi connectivity index (χ0v) is 12.6. The Morgan fingerprint density at radius 3 is 2.56 bits per heavy atom. The fourth-order valence-corrected chi connectivity index (χ4v) is 1.73. The summed E-state index contributed by atoms with van der Waals surface area (Å²) in [5.74, 6) is 0.126. The van der Waals surface area contributed by atoms with Crippen LogP contribution in [0.2, 0.25) is 0 Å². The highest BCUT2D eigenvalue weighted by atomic mass is 79.9. The highest BCUT2D eigenvalue weighted by molar-refractivity contribution is 9.09. The molecule has 0 unspecified atom stereocenters. The molecule has 1 amide bonds. The van der Waals surface area contributed by atoms with Crippen LogP contribution in [-0.4, -0.2) is 42.9 Å². The van der Waals surface area contributed by atoms with E-state index in [1.807, 2.05) is 38.2 Å². The summed E-state index contributed by atoms with van der Waals surface area (Å²) in [7, 11) is 1.81. The number of hydrogen-bond donors (Lipinski definition) is 0. The summed E-state index contributed by atoms with van der Waals surface area (Å²) < 4.78 is 5.33. The number of rotatable bonds is 7. The fraction of sp³-hybridized carbons (Fsp3) is 0.500. The van der Waals surface area contributed by atoms with Gasteiger partial charge in [-0.15, -0.1) is 0 Å². The molecule has 1 aromatic rings. The molecule has 0 aliphatic carbocycles. The number of benzene rings is 1. The van der Waals surface area contributed by atoms with E-state index in [1.54, 1.807) is 4.90 Å². The van der Waals surface area contributed by atoms with Crippen LogP contribution in [-0.2, 0) is 16.0 Å². The van der Waals surface area contributed by atoms with Gasteiger partial charge >= 0.3 is 0 Å². The van der Waals surface area contributed by atoms with Crippen molar-refractivity contribution in [1.29, 1.82) is 0 Å². The van der Waals surface area contributed by atoms with Crippen molar-refractivity contribution in [2.75, 3.05) is 32.1 Å². The number of likely N-dealkylation sites (N-methyl/N-ethyl adjacent to an activating group) is 1. The minimum Gasteiger partial charge on any atom is -0.379 e. The van der Waals surface area contributed by atoms with Crippen molar-refractivity contribution in [3.8, 4) is 0 Å². The molecule has 0 bridgehead atoms. The van der Waals surface area contributed by atoms with E-state index in [4.69, 9.17) is 4.74 Å². The van der Waals surface area contributed by atoms with Gasteiger partial charge in [-0.3, -0.25) is 4.79 Å². The molecule has 1 aromatic carbocycles. The first-order valence-electron chi connectivity index (χ1n) is 6.06. The van der Waals surface area contributed by atoms with Crippen LogP contribution in [0.25, 0.3) is 0 Å². The van der Waals surface area contributed by atoms with Crippen molar-refractivity contribution >= 4 is 21.8 Å². The molecule has 100 valence electrons. The Morgan fingerprint density at radius 1 is 1.28 bits per heavy atom. The lowest BCUT2D eigenvalue weighted by Crippen LogP contribution is -2.31. The van der Waals surface area contributed by atoms with Gasteiger partial charge in [0.2, 0.25) is 5.91 Å². The summed E-state index contributed by atoms with van der Waals surface area (Å²) in [6.07, 6.45) is 0.454. The maximum Gasteiger partial charge on any atom is 0.226 e. The third-order valence-electron chi connectivity index (χ3n) is 2.69. The van der Waals surface area contributed by atoms with Gasteiger partial charge in [-0.1, -0.05) is 45.8 Å². The monoisotopic (exact) mass is 313 g/mol. The molecule has 0 spiro atoms. The number of hydrogen-bond acceptors (Lipinski definition) is 2. The van der Waals surface area contributed by atoms with Gasteiger partial charge in [-0.25, -0.2) is 0 Å². The average molecular weight is 314 g/mol. The highest BCUT2D eigenvalue weighted by Crippen LogP contribution is 2.05. The lowest BCUT2D eigenvalue weighted by Gasteiger charge is -2.17. The molecule has 0 aliphatic rings. The predicted octanol–water partition coefficient (Wildman–Crippen LogP) is 2.41. The smallest absolute Gasteiger partial charge is 0.226 e. The second-order valence-electron chi connectivity index (χ2n) is 4.28. The number of aryl methyl sites for hydroxylation is 1. The molecule has 1 rings (SSSR count). The van der Waals surface area contributed by atoms with Crippen LogP contribution in [0.4, 0.5) is 0 Å². The third-order valence-corrected chi connectivity index (χ3v) is 3.02. The molecule has 0 fully saturated rings. The third kappa shape index (κ3) is 5.65. The lowest BCUT2D eigenvalue weighted by molar-refractivity contribution is -0.129. The zero-order chi connectivity index (χ0) is 13.4. The van der Waals surface area contributed by atoms with Crippen LogP contribution in [0, 0.1) is 6.92 Å². The van der Waals surface area contributed by atoms with Gasteiger partial charge in [0.25, 0.3) is 0 Å². The summed E-state index contributed by atoms with van der Waals surface area (Å²) >= 11 is 3.29. The molecule has 0 N–H and O–H groups in total. The van der Waals surface area contributed by atoms with Crippen molar-refractivity contribution in [1.82, 2.24) is 4.90 Å². The summed E-state index contributed by atoms with van der Waals surface area (Å²) in [5, 5.41) is 0.827. The topological polar surface area (TPSA) is 29.5 Å². The van der Waals surface area contributed by atoms with Crippen molar-refractivity contribution in [2.45, 2.75) is 13.3 Å². The SMILES string of the molecule is Cc1ccc(CC(=O)N(C)CCOCCBr)cc1. The number of carbonyl (C=O) groups is 1. The van der Waals surface area contributed by atoms with E-state index in [1.165, 1.54) is 5.56 Å². The van der Waals surface area contributed by atoms with E-state index < -0.39 is 0 Å². The number of halogens is 1. The first-order valence-corrected chi connectivity index (χ1v) is 7.19. The van der Waals surface area contributed by atoms with Gasteiger partial charge < -0.3 is 9.64 Å². The number of amides is 1. The molecule has 0 aromatic heterocycles. The van der Waals surface area contributed by atoms with E-state index in [0.717, 1.165) is 10.9 Å². The van der Waals surface area contributed by atoms with E-state index in [-0.39, 0.29) is 5.91 Å². The van der Waals surface area contributed by atoms with Crippen molar-refractivity contribution in [2.24, 2.45) is 0 Å². The fourth-order valence-electron chi connectivity index (χ4n) is 1.50. The molecule has 0 saturated carbocycles. The Kier molecular flexibility index (Phi) is 6.98. The Bertz CT molecular complexity index is 365. The Labute approximate surface area is 117 Å². The van der Waals surface area contributed by atoms with Gasteiger partial charge in [0.1, 0.15) is 0 Å². The Morgan fingerprint density at radius 2 is 1.94 bits per heavy atom. The first kappa shape index (κ1) is 15.2. The molecular formula is C14H20BrNO2. The minimum absolute atomic E-state index is 0.126. The number of carbonyl (C=O) groups excluding carboxylic acids is 1. The quantitative estimate of drug-likeness (QED) is 0.571. The molecule has 3 nitrogen and oxygen atoms in total. The van der Waals surface area contributed by atoms with E-state index in [0.29, 0.717) is 26.2 Å². The van der Waals surface area contributed by atoms with Crippen LogP contribution in [0.1, 0.15) is 11.1 Å². The number of nitrogens with zero attached hydrogens (tertiary/aromatic N) is 1. The average Bonchev–Trinajstić information content (AvgIpc) is 2.37. The lowest BCUT2D eigenvalue weighted by atomic mass is 10.1. The summed E-state index contributed by atoms with van der Waals surface area (Å²) in [4.78, 5) is 13.6. The molecular weight excluding hydrogens is 294 g/mol. The van der Waals surface area contributed by atoms with E-state index in [9.17, 15) is 4.79 Å². The van der Waals surface area contributed by atoms with Crippen molar-refractivity contribution < 1.29 is 9.53 Å². The van der Waals surface area contributed by atoms with Gasteiger partial charge in [0.15, 0.2) is 0 Å². The molecule has 0 radical (unpaired) electrons. The molecule has 4 heteroatoms. The second kappa shape index (κ2) is 8.27. The van der Waals surface area contributed by atoms with Gasteiger partial charge in [-0.2, -0.15) is 0 Å². The summed E-state index contributed by atoms with van der Waals surface area (Å²) in [6.45, 7) is 3.94. The van der Waals surface area contributed by atoms with Crippen LogP contribution in [0.15, 0.2) is 24.3 Å². The normalized spacial score (nSPS) is 10.4. The van der Waals surface area contributed by atoms with E-state index in [2.05, 4.69) is 15.9 Å². The first-order chi connectivity index (χ1) is 8.63. The standard InChI is InChI=1S/C14H20BrNO2/c1-12-3-5-13(6-4-12)11-14(17)16(2)8-10-18-9-7-15/h3-6H,7-11H2,1-2H3. The van der Waals surface area contributed by atoms with Crippen molar-refractivity contribution in [3.63, 3.8) is 0 Å². The number of ether oxygens (including phenoxy) is 1. The van der Waals surface area contributed by atoms with Crippen LogP contribution < -0.4 is 0 Å². The molecule has 18 heavy (non-hydrogen) atoms. The van der Waals surface area contributed by atoms with Crippen LogP contribution >= 0.6 is 15.9 Å². The highest BCUT2D eigenvalue weighted by Gasteiger charge is 2.09. The molecule has 0 atom stereocenters. The number of alkyl halides is 1.